The molecule has 3 aromatic rings. The van der Waals surface area contributed by atoms with Crippen molar-refractivity contribution in [1.29, 1.82) is 0 Å². The van der Waals surface area contributed by atoms with Crippen LogP contribution in [-0.4, -0.2) is 16.2 Å². The maximum atomic E-state index is 13.3. The summed E-state index contributed by atoms with van der Waals surface area (Å²) in [6.07, 6.45) is 0.765. The number of rotatable bonds is 5. The molecule has 0 aliphatic rings. The molecule has 0 bridgehead atoms. The molecule has 5 heteroatoms. The summed E-state index contributed by atoms with van der Waals surface area (Å²) in [5.41, 5.74) is 7.31. The average molecular weight is 285 g/mol. The highest BCUT2D eigenvalue weighted by Crippen LogP contribution is 2.19. The lowest BCUT2D eigenvalue weighted by Gasteiger charge is -2.08. The summed E-state index contributed by atoms with van der Waals surface area (Å²) in [4.78, 5) is 4.22. The molecule has 0 aliphatic carbocycles. The van der Waals surface area contributed by atoms with Gasteiger partial charge < -0.3 is 15.0 Å². The van der Waals surface area contributed by atoms with Crippen molar-refractivity contribution in [2.45, 2.75) is 13.0 Å². The van der Waals surface area contributed by atoms with Gasteiger partial charge in [-0.1, -0.05) is 18.2 Å². The Labute approximate surface area is 122 Å². The Morgan fingerprint density at radius 3 is 2.76 bits per heavy atom. The molecular weight excluding hydrogens is 269 g/mol. The summed E-state index contributed by atoms with van der Waals surface area (Å²) in [5.74, 6) is 0.950. The van der Waals surface area contributed by atoms with E-state index in [0.717, 1.165) is 12.2 Å². The van der Waals surface area contributed by atoms with Crippen LogP contribution in [0.4, 0.5) is 10.3 Å². The first-order chi connectivity index (χ1) is 10.2. The van der Waals surface area contributed by atoms with Crippen LogP contribution in [-0.2, 0) is 6.54 Å². The van der Waals surface area contributed by atoms with Crippen LogP contribution >= 0.6 is 0 Å². The standard InChI is InChI=1S/C16H16FN3O/c17-12-7-8-14-15(11-12)20(16(18)19-14)9-4-10-21-13-5-2-1-3-6-13/h1-3,5-8,11H,4,9-10H2,(H2,18,19). The predicted molar refractivity (Wildman–Crippen MR) is 80.7 cm³/mol. The maximum Gasteiger partial charge on any atom is 0.201 e. The molecule has 0 spiro atoms. The minimum absolute atomic E-state index is 0.288. The van der Waals surface area contributed by atoms with Crippen LogP contribution in [0.3, 0.4) is 0 Å². The molecule has 3 rings (SSSR count). The molecule has 0 fully saturated rings. The molecule has 108 valence electrons. The highest BCUT2D eigenvalue weighted by Gasteiger charge is 2.08. The molecule has 0 saturated carbocycles. The van der Waals surface area contributed by atoms with Crippen molar-refractivity contribution in [2.75, 3.05) is 12.3 Å². The highest BCUT2D eigenvalue weighted by atomic mass is 19.1. The second kappa shape index (κ2) is 5.83. The van der Waals surface area contributed by atoms with Crippen LogP contribution in [0.2, 0.25) is 0 Å². The van der Waals surface area contributed by atoms with Crippen LogP contribution in [0.15, 0.2) is 48.5 Å². The predicted octanol–water partition coefficient (Wildman–Crippen LogP) is 3.23. The fraction of sp³-hybridized carbons (Fsp3) is 0.188. The van der Waals surface area contributed by atoms with E-state index in [1.54, 1.807) is 6.07 Å². The van der Waals surface area contributed by atoms with E-state index in [1.807, 2.05) is 34.9 Å². The van der Waals surface area contributed by atoms with Crippen LogP contribution in [0, 0.1) is 5.82 Å². The van der Waals surface area contributed by atoms with Crippen molar-refractivity contribution >= 4 is 17.0 Å². The first-order valence-corrected chi connectivity index (χ1v) is 6.83. The number of benzene rings is 2. The second-order valence-electron chi connectivity index (χ2n) is 4.77. The Kier molecular flexibility index (Phi) is 3.73. The number of hydrogen-bond donors (Lipinski definition) is 1. The number of aromatic nitrogens is 2. The summed E-state index contributed by atoms with van der Waals surface area (Å²) in [6.45, 7) is 1.21. The Hall–Kier alpha value is -2.56. The van der Waals surface area contributed by atoms with Crippen molar-refractivity contribution in [1.82, 2.24) is 9.55 Å². The lowest BCUT2D eigenvalue weighted by Crippen LogP contribution is -2.07. The fourth-order valence-corrected chi connectivity index (χ4v) is 2.28. The number of hydrogen-bond acceptors (Lipinski definition) is 3. The zero-order valence-corrected chi connectivity index (χ0v) is 11.5. The van der Waals surface area contributed by atoms with Gasteiger partial charge in [-0.3, -0.25) is 0 Å². The molecule has 2 N–H and O–H groups in total. The van der Waals surface area contributed by atoms with Gasteiger partial charge in [0.15, 0.2) is 0 Å². The van der Waals surface area contributed by atoms with E-state index in [-0.39, 0.29) is 5.82 Å². The summed E-state index contributed by atoms with van der Waals surface area (Å²) < 4.78 is 20.8. The highest BCUT2D eigenvalue weighted by molar-refractivity contribution is 5.78. The summed E-state index contributed by atoms with van der Waals surface area (Å²) in [7, 11) is 0. The van der Waals surface area contributed by atoms with E-state index in [1.165, 1.54) is 12.1 Å². The molecule has 0 radical (unpaired) electrons. The molecular formula is C16H16FN3O. The van der Waals surface area contributed by atoms with Crippen LogP contribution in [0.25, 0.3) is 11.0 Å². The largest absolute Gasteiger partial charge is 0.494 e. The zero-order valence-electron chi connectivity index (χ0n) is 11.5. The minimum atomic E-state index is -0.288. The van der Waals surface area contributed by atoms with Gasteiger partial charge in [-0.15, -0.1) is 0 Å². The number of imidazole rings is 1. The van der Waals surface area contributed by atoms with Crippen molar-refractivity contribution in [3.8, 4) is 5.75 Å². The third-order valence-corrected chi connectivity index (χ3v) is 3.28. The molecule has 0 atom stereocenters. The number of anilines is 1. The molecule has 1 aromatic heterocycles. The van der Waals surface area contributed by atoms with E-state index < -0.39 is 0 Å². The van der Waals surface area contributed by atoms with Gasteiger partial charge in [0, 0.05) is 6.54 Å². The van der Waals surface area contributed by atoms with Gasteiger partial charge in [0.25, 0.3) is 0 Å². The van der Waals surface area contributed by atoms with Gasteiger partial charge in [-0.25, -0.2) is 9.37 Å². The number of nitrogen functional groups attached to an aromatic ring is 1. The van der Waals surface area contributed by atoms with Gasteiger partial charge in [0.05, 0.1) is 17.6 Å². The number of nitrogens with zero attached hydrogens (tertiary/aromatic N) is 2. The lowest BCUT2D eigenvalue weighted by atomic mass is 10.3. The van der Waals surface area contributed by atoms with E-state index in [9.17, 15) is 4.39 Å². The molecule has 1 heterocycles. The van der Waals surface area contributed by atoms with Crippen molar-refractivity contribution in [3.63, 3.8) is 0 Å². The lowest BCUT2D eigenvalue weighted by molar-refractivity contribution is 0.303. The zero-order chi connectivity index (χ0) is 14.7. The molecule has 0 aliphatic heterocycles. The Balaban J connectivity index is 1.65. The normalized spacial score (nSPS) is 10.9. The SMILES string of the molecule is Nc1nc2ccc(F)cc2n1CCCOc1ccccc1. The van der Waals surface area contributed by atoms with E-state index >= 15 is 0 Å². The molecule has 0 amide bonds. The summed E-state index contributed by atoms with van der Waals surface area (Å²) >= 11 is 0. The molecule has 0 unspecified atom stereocenters. The average Bonchev–Trinajstić information content (AvgIpc) is 2.80. The molecule has 2 aromatic carbocycles. The van der Waals surface area contributed by atoms with Gasteiger partial charge in [0.2, 0.25) is 5.95 Å². The molecule has 4 nitrogen and oxygen atoms in total. The Morgan fingerprint density at radius 1 is 1.14 bits per heavy atom. The Bertz CT molecular complexity index is 740. The van der Waals surface area contributed by atoms with Crippen molar-refractivity contribution < 1.29 is 9.13 Å². The van der Waals surface area contributed by atoms with Crippen LogP contribution < -0.4 is 10.5 Å². The quantitative estimate of drug-likeness (QED) is 0.732. The maximum absolute atomic E-state index is 13.3. The van der Waals surface area contributed by atoms with Gasteiger partial charge in [0.1, 0.15) is 11.6 Å². The fourth-order valence-electron chi connectivity index (χ4n) is 2.28. The molecule has 0 saturated heterocycles. The number of ether oxygens (including phenoxy) is 1. The second-order valence-corrected chi connectivity index (χ2v) is 4.77. The molecule has 21 heavy (non-hydrogen) atoms. The third kappa shape index (κ3) is 2.97. The van der Waals surface area contributed by atoms with Crippen LogP contribution in [0.5, 0.6) is 5.75 Å². The number of aryl methyl sites for hydroxylation is 1. The number of fused-ring (bicyclic) bond motifs is 1. The van der Waals surface area contributed by atoms with Crippen LogP contribution in [0.1, 0.15) is 6.42 Å². The third-order valence-electron chi connectivity index (χ3n) is 3.28. The monoisotopic (exact) mass is 285 g/mol. The first-order valence-electron chi connectivity index (χ1n) is 6.83. The van der Waals surface area contributed by atoms with Gasteiger partial charge >= 0.3 is 0 Å². The van der Waals surface area contributed by atoms with E-state index in [0.29, 0.717) is 30.1 Å². The number of nitrogens with two attached hydrogens (primary N) is 1. The van der Waals surface area contributed by atoms with Gasteiger partial charge in [-0.05, 0) is 36.8 Å². The Morgan fingerprint density at radius 2 is 1.95 bits per heavy atom. The van der Waals surface area contributed by atoms with Crippen molar-refractivity contribution in [2.24, 2.45) is 0 Å². The summed E-state index contributed by atoms with van der Waals surface area (Å²) in [5, 5.41) is 0. The number of halogens is 1. The first kappa shape index (κ1) is 13.4. The van der Waals surface area contributed by atoms with E-state index in [4.69, 9.17) is 10.5 Å². The van der Waals surface area contributed by atoms with E-state index in [2.05, 4.69) is 4.98 Å². The smallest absolute Gasteiger partial charge is 0.201 e. The minimum Gasteiger partial charge on any atom is -0.494 e. The van der Waals surface area contributed by atoms with Gasteiger partial charge in [-0.2, -0.15) is 0 Å². The summed E-state index contributed by atoms with van der Waals surface area (Å²) in [6, 6.07) is 14.1. The van der Waals surface area contributed by atoms with Crippen molar-refractivity contribution in [3.05, 3.63) is 54.3 Å². The number of para-hydroxylation sites is 1. The topological polar surface area (TPSA) is 53.1 Å².